The average Bonchev–Trinajstić information content (AvgIpc) is 2.89. The first-order valence-electron chi connectivity index (χ1n) is 7.03. The summed E-state index contributed by atoms with van der Waals surface area (Å²) < 4.78 is 0. The molecule has 1 aromatic rings. The third-order valence-electron chi connectivity index (χ3n) is 3.54. The zero-order chi connectivity index (χ0) is 15.2. The number of carbonyl (C=O) groups is 2. The molecule has 0 bridgehead atoms. The van der Waals surface area contributed by atoms with E-state index in [2.05, 4.69) is 0 Å². The van der Waals surface area contributed by atoms with Gasteiger partial charge < -0.3 is 9.80 Å². The first kappa shape index (κ1) is 15.6. The summed E-state index contributed by atoms with van der Waals surface area (Å²) in [7, 11) is 1.75. The lowest BCUT2D eigenvalue weighted by Gasteiger charge is -2.20. The van der Waals surface area contributed by atoms with Gasteiger partial charge in [-0.1, -0.05) is 23.7 Å². The molecule has 1 fully saturated rings. The molecule has 1 aliphatic rings. The number of halogens is 1. The number of benzene rings is 1. The summed E-state index contributed by atoms with van der Waals surface area (Å²) in [4.78, 5) is 26.9. The van der Waals surface area contributed by atoms with Crippen LogP contribution in [0.4, 0.5) is 0 Å². The van der Waals surface area contributed by atoms with Crippen LogP contribution < -0.4 is 0 Å². The summed E-state index contributed by atoms with van der Waals surface area (Å²) in [6.45, 7) is 1.97. The molecule has 2 amide bonds. The normalized spacial score (nSPS) is 15.0. The molecule has 5 heteroatoms. The number of rotatable bonds is 5. The lowest BCUT2D eigenvalue weighted by Crippen LogP contribution is -2.36. The van der Waals surface area contributed by atoms with E-state index in [0.29, 0.717) is 24.5 Å². The summed E-state index contributed by atoms with van der Waals surface area (Å²) in [5, 5.41) is 0.672. The molecule has 2 rings (SSSR count). The van der Waals surface area contributed by atoms with E-state index in [4.69, 9.17) is 11.6 Å². The minimum atomic E-state index is -0.0726. The second-order valence-electron chi connectivity index (χ2n) is 5.13. The van der Waals surface area contributed by atoms with Crippen molar-refractivity contribution in [2.75, 3.05) is 26.7 Å². The highest BCUT2D eigenvalue weighted by Gasteiger charge is 2.20. The fraction of sp³-hybridized carbons (Fsp3) is 0.375. The third-order valence-corrected chi connectivity index (χ3v) is 3.79. The van der Waals surface area contributed by atoms with Crippen molar-refractivity contribution in [1.82, 2.24) is 9.80 Å². The van der Waals surface area contributed by atoms with E-state index in [1.54, 1.807) is 30.2 Å². The van der Waals surface area contributed by atoms with Crippen LogP contribution in [-0.4, -0.2) is 48.3 Å². The predicted octanol–water partition coefficient (Wildman–Crippen LogP) is 2.43. The molecule has 0 aliphatic carbocycles. The maximum Gasteiger partial charge on any atom is 0.246 e. The molecule has 4 nitrogen and oxygen atoms in total. The predicted molar refractivity (Wildman–Crippen MR) is 83.9 cm³/mol. The first-order chi connectivity index (χ1) is 10.1. The Labute approximate surface area is 130 Å². The average molecular weight is 307 g/mol. The number of carbonyl (C=O) groups excluding carboxylic acids is 2. The lowest BCUT2D eigenvalue weighted by molar-refractivity contribution is -0.130. The summed E-state index contributed by atoms with van der Waals surface area (Å²) in [6.07, 6.45) is 4.85. The van der Waals surface area contributed by atoms with Gasteiger partial charge >= 0.3 is 0 Å². The summed E-state index contributed by atoms with van der Waals surface area (Å²) in [6, 6.07) is 7.28. The molecule has 0 radical (unpaired) electrons. The lowest BCUT2D eigenvalue weighted by atomic mass is 10.2. The summed E-state index contributed by atoms with van der Waals surface area (Å²) >= 11 is 5.81. The quantitative estimate of drug-likeness (QED) is 0.784. The molecular weight excluding hydrogens is 288 g/mol. The number of amides is 2. The summed E-state index contributed by atoms with van der Waals surface area (Å²) in [5.74, 6) is 0.115. The smallest absolute Gasteiger partial charge is 0.246 e. The van der Waals surface area contributed by atoms with E-state index < -0.39 is 0 Å². The molecule has 1 saturated heterocycles. The number of hydrogen-bond acceptors (Lipinski definition) is 2. The van der Waals surface area contributed by atoms with Crippen molar-refractivity contribution in [3.05, 3.63) is 40.9 Å². The van der Waals surface area contributed by atoms with Gasteiger partial charge in [0.1, 0.15) is 0 Å². The highest BCUT2D eigenvalue weighted by Crippen LogP contribution is 2.11. The summed E-state index contributed by atoms with van der Waals surface area (Å²) in [5.41, 5.74) is 0.927. The molecular formula is C16H19ClN2O2. The molecule has 1 aliphatic heterocycles. The maximum absolute atomic E-state index is 12.0. The van der Waals surface area contributed by atoms with Crippen LogP contribution in [0, 0.1) is 0 Å². The van der Waals surface area contributed by atoms with Gasteiger partial charge in [0, 0.05) is 44.2 Å². The minimum Gasteiger partial charge on any atom is -0.341 e. The first-order valence-corrected chi connectivity index (χ1v) is 7.40. The van der Waals surface area contributed by atoms with Crippen molar-refractivity contribution in [2.45, 2.75) is 12.8 Å². The number of likely N-dealkylation sites (N-methyl/N-ethyl adjacent to an activating group) is 1. The Morgan fingerprint density at radius 3 is 2.71 bits per heavy atom. The SMILES string of the molecule is CN(CCN1CCCC1=O)C(=O)C=Cc1ccc(Cl)cc1. The molecule has 112 valence electrons. The van der Waals surface area contributed by atoms with Crippen LogP contribution in [0.5, 0.6) is 0 Å². The Balaban J connectivity index is 1.81. The molecule has 0 aromatic heterocycles. The Morgan fingerprint density at radius 2 is 2.10 bits per heavy atom. The van der Waals surface area contributed by atoms with Crippen molar-refractivity contribution >= 4 is 29.5 Å². The van der Waals surface area contributed by atoms with Crippen LogP contribution in [0.3, 0.4) is 0 Å². The van der Waals surface area contributed by atoms with Crippen molar-refractivity contribution in [3.8, 4) is 0 Å². The second kappa shape index (κ2) is 7.27. The van der Waals surface area contributed by atoms with E-state index in [9.17, 15) is 9.59 Å². The number of nitrogens with zero attached hydrogens (tertiary/aromatic N) is 2. The van der Waals surface area contributed by atoms with Crippen molar-refractivity contribution < 1.29 is 9.59 Å². The zero-order valence-corrected chi connectivity index (χ0v) is 12.8. The maximum atomic E-state index is 12.0. The largest absolute Gasteiger partial charge is 0.341 e. The highest BCUT2D eigenvalue weighted by molar-refractivity contribution is 6.30. The topological polar surface area (TPSA) is 40.6 Å². The zero-order valence-electron chi connectivity index (χ0n) is 12.1. The fourth-order valence-electron chi connectivity index (χ4n) is 2.19. The third kappa shape index (κ3) is 4.60. The highest BCUT2D eigenvalue weighted by atomic mass is 35.5. The molecule has 0 spiro atoms. The van der Waals surface area contributed by atoms with Crippen LogP contribution in [0.2, 0.25) is 5.02 Å². The molecule has 0 atom stereocenters. The molecule has 1 aromatic carbocycles. The van der Waals surface area contributed by atoms with E-state index in [1.165, 1.54) is 6.08 Å². The monoisotopic (exact) mass is 306 g/mol. The Bertz CT molecular complexity index is 540. The second-order valence-corrected chi connectivity index (χ2v) is 5.57. The molecule has 0 N–H and O–H groups in total. The molecule has 21 heavy (non-hydrogen) atoms. The fourth-order valence-corrected chi connectivity index (χ4v) is 2.32. The van der Waals surface area contributed by atoms with Gasteiger partial charge in [-0.05, 0) is 30.2 Å². The van der Waals surface area contributed by atoms with E-state index in [-0.39, 0.29) is 11.8 Å². The van der Waals surface area contributed by atoms with Gasteiger partial charge in [0.25, 0.3) is 0 Å². The van der Waals surface area contributed by atoms with Crippen molar-refractivity contribution in [1.29, 1.82) is 0 Å². The standard InChI is InChI=1S/C16H19ClN2O2/c1-18(11-12-19-10-2-3-16(19)21)15(20)9-6-13-4-7-14(17)8-5-13/h4-9H,2-3,10-12H2,1H3. The molecule has 0 saturated carbocycles. The van der Waals surface area contributed by atoms with E-state index >= 15 is 0 Å². The van der Waals surface area contributed by atoms with Gasteiger partial charge in [0.15, 0.2) is 0 Å². The van der Waals surface area contributed by atoms with Crippen molar-refractivity contribution in [2.24, 2.45) is 0 Å². The van der Waals surface area contributed by atoms with Gasteiger partial charge in [0.05, 0.1) is 0 Å². The minimum absolute atomic E-state index is 0.0726. The van der Waals surface area contributed by atoms with E-state index in [0.717, 1.165) is 18.5 Å². The van der Waals surface area contributed by atoms with Crippen molar-refractivity contribution in [3.63, 3.8) is 0 Å². The molecule has 0 unspecified atom stereocenters. The van der Waals surface area contributed by atoms with Crippen LogP contribution >= 0.6 is 11.6 Å². The van der Waals surface area contributed by atoms with E-state index in [1.807, 2.05) is 17.0 Å². The van der Waals surface area contributed by atoms with Crippen LogP contribution in [0.1, 0.15) is 18.4 Å². The Morgan fingerprint density at radius 1 is 1.38 bits per heavy atom. The molecule has 1 heterocycles. The van der Waals surface area contributed by atoms with Crippen LogP contribution in [0.15, 0.2) is 30.3 Å². The van der Waals surface area contributed by atoms with Gasteiger partial charge in [-0.2, -0.15) is 0 Å². The van der Waals surface area contributed by atoms with Gasteiger partial charge in [0.2, 0.25) is 11.8 Å². The number of likely N-dealkylation sites (tertiary alicyclic amines) is 1. The van der Waals surface area contributed by atoms with Crippen LogP contribution in [0.25, 0.3) is 6.08 Å². The Kier molecular flexibility index (Phi) is 5.39. The van der Waals surface area contributed by atoms with Gasteiger partial charge in [-0.3, -0.25) is 9.59 Å². The van der Waals surface area contributed by atoms with Crippen LogP contribution in [-0.2, 0) is 9.59 Å². The Hall–Kier alpha value is -1.81. The number of hydrogen-bond donors (Lipinski definition) is 0. The van der Waals surface area contributed by atoms with Gasteiger partial charge in [-0.15, -0.1) is 0 Å². The van der Waals surface area contributed by atoms with Gasteiger partial charge in [-0.25, -0.2) is 0 Å².